The molecular formula is C9H13F3O2. The smallest absolute Gasteiger partial charge is 0.389 e. The minimum atomic E-state index is -4.16. The van der Waals surface area contributed by atoms with Gasteiger partial charge in [-0.2, -0.15) is 13.2 Å². The molecule has 1 fully saturated rings. The van der Waals surface area contributed by atoms with Crippen LogP contribution in [0, 0.1) is 5.92 Å². The van der Waals surface area contributed by atoms with Gasteiger partial charge in [0.25, 0.3) is 0 Å². The van der Waals surface area contributed by atoms with Crippen LogP contribution in [0.5, 0.6) is 0 Å². The average Bonchev–Trinajstić information content (AvgIpc) is 2.03. The summed E-state index contributed by atoms with van der Waals surface area (Å²) in [7, 11) is 0. The Labute approximate surface area is 80.1 Å². The first kappa shape index (κ1) is 11.5. The second-order valence-corrected chi connectivity index (χ2v) is 3.91. The number of hydrogen-bond donors (Lipinski definition) is 1. The van der Waals surface area contributed by atoms with E-state index >= 15 is 0 Å². The van der Waals surface area contributed by atoms with Crippen molar-refractivity contribution in [3.63, 3.8) is 0 Å². The highest BCUT2D eigenvalue weighted by Crippen LogP contribution is 2.41. The van der Waals surface area contributed by atoms with Crippen molar-refractivity contribution in [3.8, 4) is 0 Å². The van der Waals surface area contributed by atoms with Gasteiger partial charge in [-0.25, -0.2) is 0 Å². The second kappa shape index (κ2) is 3.88. The molecule has 0 aromatic heterocycles. The highest BCUT2D eigenvalue weighted by molar-refractivity contribution is 5.51. The van der Waals surface area contributed by atoms with Crippen molar-refractivity contribution < 1.29 is 23.1 Å². The molecule has 2 nitrogen and oxygen atoms in total. The van der Waals surface area contributed by atoms with Crippen LogP contribution < -0.4 is 0 Å². The van der Waals surface area contributed by atoms with E-state index in [9.17, 15) is 23.1 Å². The van der Waals surface area contributed by atoms with Crippen molar-refractivity contribution in [3.05, 3.63) is 0 Å². The quantitative estimate of drug-likeness (QED) is 0.708. The summed E-state index contributed by atoms with van der Waals surface area (Å²) in [6, 6.07) is 0. The van der Waals surface area contributed by atoms with Gasteiger partial charge in [0.15, 0.2) is 0 Å². The molecule has 82 valence electrons. The van der Waals surface area contributed by atoms with Gasteiger partial charge >= 0.3 is 6.18 Å². The van der Waals surface area contributed by atoms with Gasteiger partial charge in [-0.15, -0.1) is 0 Å². The van der Waals surface area contributed by atoms with Crippen molar-refractivity contribution >= 4 is 6.29 Å². The van der Waals surface area contributed by atoms with Gasteiger partial charge in [0, 0.05) is 6.42 Å². The minimum absolute atomic E-state index is 0.0580. The molecule has 0 spiro atoms. The number of hydrogen-bond acceptors (Lipinski definition) is 2. The Morgan fingerprint density at radius 3 is 2.21 bits per heavy atom. The van der Waals surface area contributed by atoms with E-state index in [1.165, 1.54) is 0 Å². The molecule has 0 amide bonds. The maximum atomic E-state index is 12.2. The van der Waals surface area contributed by atoms with Crippen LogP contribution in [0.25, 0.3) is 0 Å². The van der Waals surface area contributed by atoms with Crippen LogP contribution in [0.2, 0.25) is 0 Å². The van der Waals surface area contributed by atoms with Gasteiger partial charge in [0.05, 0.1) is 11.5 Å². The predicted octanol–water partition coefficient (Wildman–Crippen LogP) is 2.06. The van der Waals surface area contributed by atoms with Crippen molar-refractivity contribution in [2.75, 3.05) is 0 Å². The summed E-state index contributed by atoms with van der Waals surface area (Å²) in [5.74, 6) is -1.31. The molecule has 1 aliphatic carbocycles. The van der Waals surface area contributed by atoms with Crippen LogP contribution in [0.4, 0.5) is 13.2 Å². The molecule has 0 aromatic carbocycles. The number of carbonyl (C=O) groups is 1. The zero-order valence-corrected chi connectivity index (χ0v) is 7.68. The van der Waals surface area contributed by atoms with Crippen molar-refractivity contribution in [1.29, 1.82) is 0 Å². The Hall–Kier alpha value is -0.580. The van der Waals surface area contributed by atoms with Crippen LogP contribution >= 0.6 is 0 Å². The molecule has 0 heterocycles. The van der Waals surface area contributed by atoms with E-state index in [-0.39, 0.29) is 32.1 Å². The van der Waals surface area contributed by atoms with E-state index in [0.717, 1.165) is 0 Å². The lowest BCUT2D eigenvalue weighted by Gasteiger charge is -2.35. The number of halogens is 3. The lowest BCUT2D eigenvalue weighted by molar-refractivity contribution is -0.192. The van der Waals surface area contributed by atoms with E-state index in [1.54, 1.807) is 0 Å². The third-order valence-electron chi connectivity index (χ3n) is 2.84. The van der Waals surface area contributed by atoms with Crippen molar-refractivity contribution in [1.82, 2.24) is 0 Å². The van der Waals surface area contributed by atoms with Crippen LogP contribution in [0.1, 0.15) is 32.1 Å². The molecule has 0 unspecified atom stereocenters. The largest absolute Gasteiger partial charge is 0.391 e. The molecule has 14 heavy (non-hydrogen) atoms. The van der Waals surface area contributed by atoms with Gasteiger partial charge in [0.1, 0.15) is 6.29 Å². The molecule has 1 rings (SSSR count). The van der Waals surface area contributed by atoms with Gasteiger partial charge < -0.3 is 9.90 Å². The molecule has 0 bridgehead atoms. The Morgan fingerprint density at radius 1 is 1.36 bits per heavy atom. The van der Waals surface area contributed by atoms with Gasteiger partial charge in [-0.3, -0.25) is 0 Å². The van der Waals surface area contributed by atoms with E-state index in [2.05, 4.69) is 0 Å². The van der Waals surface area contributed by atoms with Crippen LogP contribution in [0.15, 0.2) is 0 Å². The molecule has 1 N–H and O–H groups in total. The van der Waals surface area contributed by atoms with Gasteiger partial charge in [-0.05, 0) is 25.7 Å². The maximum absolute atomic E-state index is 12.2. The SMILES string of the molecule is O=CCC1(O)CCC(C(F)(F)F)CC1. The number of carbonyl (C=O) groups excluding carboxylic acids is 1. The first-order chi connectivity index (χ1) is 6.37. The molecule has 5 heteroatoms. The summed E-state index contributed by atoms with van der Waals surface area (Å²) in [4.78, 5) is 10.2. The summed E-state index contributed by atoms with van der Waals surface area (Å²) < 4.78 is 36.7. The first-order valence-corrected chi connectivity index (χ1v) is 4.60. The van der Waals surface area contributed by atoms with Crippen LogP contribution in [0.3, 0.4) is 0 Å². The zero-order chi connectivity index (χ0) is 10.8. The Kier molecular flexibility index (Phi) is 3.19. The first-order valence-electron chi connectivity index (χ1n) is 4.60. The molecule has 0 aromatic rings. The van der Waals surface area contributed by atoms with Gasteiger partial charge in [0.2, 0.25) is 0 Å². The molecule has 1 aliphatic rings. The summed E-state index contributed by atoms with van der Waals surface area (Å²) in [6.45, 7) is 0. The topological polar surface area (TPSA) is 37.3 Å². The number of alkyl halides is 3. The molecule has 0 saturated heterocycles. The monoisotopic (exact) mass is 210 g/mol. The third-order valence-corrected chi connectivity index (χ3v) is 2.84. The normalized spacial score (nSPS) is 34.1. The summed E-state index contributed by atoms with van der Waals surface area (Å²) in [6.07, 6.45) is -3.68. The molecule has 0 radical (unpaired) electrons. The van der Waals surface area contributed by atoms with Gasteiger partial charge in [-0.1, -0.05) is 0 Å². The lowest BCUT2D eigenvalue weighted by atomic mass is 9.77. The van der Waals surface area contributed by atoms with E-state index in [4.69, 9.17) is 0 Å². The molecule has 0 atom stereocenters. The predicted molar refractivity (Wildman–Crippen MR) is 43.6 cm³/mol. The average molecular weight is 210 g/mol. The standard InChI is InChI=1S/C9H13F3O2/c10-9(11,12)7-1-3-8(14,4-2-7)5-6-13/h6-7,14H,1-5H2. The molecule has 1 saturated carbocycles. The summed E-state index contributed by atoms with van der Waals surface area (Å²) >= 11 is 0. The molecule has 0 aliphatic heterocycles. The highest BCUT2D eigenvalue weighted by Gasteiger charge is 2.44. The maximum Gasteiger partial charge on any atom is 0.391 e. The fourth-order valence-electron chi connectivity index (χ4n) is 1.84. The number of rotatable bonds is 2. The lowest BCUT2D eigenvalue weighted by Crippen LogP contribution is -2.38. The fourth-order valence-corrected chi connectivity index (χ4v) is 1.84. The minimum Gasteiger partial charge on any atom is -0.389 e. The van der Waals surface area contributed by atoms with E-state index < -0.39 is 17.7 Å². The summed E-state index contributed by atoms with van der Waals surface area (Å²) in [5, 5.41) is 9.66. The second-order valence-electron chi connectivity index (χ2n) is 3.91. The number of aldehydes is 1. The van der Waals surface area contributed by atoms with Crippen LogP contribution in [-0.2, 0) is 4.79 Å². The van der Waals surface area contributed by atoms with Crippen molar-refractivity contribution in [2.24, 2.45) is 5.92 Å². The highest BCUT2D eigenvalue weighted by atomic mass is 19.4. The zero-order valence-electron chi connectivity index (χ0n) is 7.68. The number of aliphatic hydroxyl groups is 1. The van der Waals surface area contributed by atoms with Crippen molar-refractivity contribution in [2.45, 2.75) is 43.9 Å². The van der Waals surface area contributed by atoms with Crippen LogP contribution in [-0.4, -0.2) is 23.2 Å². The fraction of sp³-hybridized carbons (Fsp3) is 0.889. The molecular weight excluding hydrogens is 197 g/mol. The Morgan fingerprint density at radius 2 is 1.86 bits per heavy atom. The Bertz CT molecular complexity index is 205. The third kappa shape index (κ3) is 2.70. The summed E-state index contributed by atoms with van der Waals surface area (Å²) in [5.41, 5.74) is -1.19. The Balaban J connectivity index is 2.49. The van der Waals surface area contributed by atoms with E-state index in [0.29, 0.717) is 6.29 Å². The van der Waals surface area contributed by atoms with E-state index in [1.807, 2.05) is 0 Å².